The molecule has 2 aromatic heterocycles. The Balaban J connectivity index is 2.55. The number of aromatic carboxylic acids is 1. The Kier molecular flexibility index (Phi) is 3.27. The van der Waals surface area contributed by atoms with Crippen LogP contribution in [-0.2, 0) is 7.05 Å². The van der Waals surface area contributed by atoms with Crippen LogP contribution in [0.5, 0.6) is 5.75 Å². The van der Waals surface area contributed by atoms with Gasteiger partial charge < -0.3 is 9.84 Å². The number of aryl methyl sites for hydroxylation is 1. The van der Waals surface area contributed by atoms with Crippen molar-refractivity contribution in [2.75, 3.05) is 6.61 Å². The van der Waals surface area contributed by atoms with Gasteiger partial charge in [-0.15, -0.1) is 0 Å². The highest BCUT2D eigenvalue weighted by Gasteiger charge is 2.17. The third-order valence-electron chi connectivity index (χ3n) is 2.50. The van der Waals surface area contributed by atoms with Crippen LogP contribution in [0.15, 0.2) is 24.5 Å². The van der Waals surface area contributed by atoms with Gasteiger partial charge in [-0.3, -0.25) is 4.68 Å². The van der Waals surface area contributed by atoms with E-state index in [2.05, 4.69) is 10.1 Å². The SMILES string of the molecule is C/C=C/COc1c(C(=O)O)cnc2c1cnn2C. The van der Waals surface area contributed by atoms with E-state index in [-0.39, 0.29) is 5.56 Å². The molecule has 0 saturated carbocycles. The van der Waals surface area contributed by atoms with E-state index in [1.165, 1.54) is 6.20 Å². The zero-order chi connectivity index (χ0) is 13.1. The minimum atomic E-state index is -1.07. The quantitative estimate of drug-likeness (QED) is 0.831. The Bertz CT molecular complexity index is 616. The first kappa shape index (κ1) is 12.1. The van der Waals surface area contributed by atoms with Crippen molar-refractivity contribution < 1.29 is 14.6 Å². The van der Waals surface area contributed by atoms with Crippen LogP contribution in [0.25, 0.3) is 11.0 Å². The largest absolute Gasteiger partial charge is 0.488 e. The highest BCUT2D eigenvalue weighted by Crippen LogP contribution is 2.28. The molecule has 0 aliphatic heterocycles. The summed E-state index contributed by atoms with van der Waals surface area (Å²) in [5, 5.41) is 13.8. The van der Waals surface area contributed by atoms with E-state index in [1.54, 1.807) is 24.0 Å². The number of carboxylic acids is 1. The van der Waals surface area contributed by atoms with Crippen LogP contribution >= 0.6 is 0 Å². The average molecular weight is 247 g/mol. The molecule has 2 aromatic rings. The monoisotopic (exact) mass is 247 g/mol. The number of hydrogen-bond acceptors (Lipinski definition) is 4. The molecule has 1 N–H and O–H groups in total. The Morgan fingerprint density at radius 2 is 2.33 bits per heavy atom. The zero-order valence-corrected chi connectivity index (χ0v) is 10.1. The van der Waals surface area contributed by atoms with Crippen LogP contribution in [-0.4, -0.2) is 32.4 Å². The van der Waals surface area contributed by atoms with Crippen molar-refractivity contribution in [3.05, 3.63) is 30.1 Å². The normalized spacial score (nSPS) is 11.2. The lowest BCUT2D eigenvalue weighted by Crippen LogP contribution is -2.05. The first-order chi connectivity index (χ1) is 8.65. The van der Waals surface area contributed by atoms with Crippen molar-refractivity contribution >= 4 is 17.0 Å². The number of aromatic nitrogens is 3. The Morgan fingerprint density at radius 1 is 1.56 bits per heavy atom. The van der Waals surface area contributed by atoms with Gasteiger partial charge in [0.05, 0.1) is 11.6 Å². The zero-order valence-electron chi connectivity index (χ0n) is 10.1. The van der Waals surface area contributed by atoms with Crippen molar-refractivity contribution in [1.29, 1.82) is 0 Å². The maximum atomic E-state index is 11.1. The highest BCUT2D eigenvalue weighted by molar-refractivity contribution is 5.97. The van der Waals surface area contributed by atoms with E-state index < -0.39 is 5.97 Å². The van der Waals surface area contributed by atoms with E-state index in [1.807, 2.05) is 13.0 Å². The van der Waals surface area contributed by atoms with E-state index >= 15 is 0 Å². The Morgan fingerprint density at radius 3 is 3.00 bits per heavy atom. The maximum Gasteiger partial charge on any atom is 0.341 e. The molecule has 0 fully saturated rings. The molecule has 0 amide bonds. The molecule has 0 spiro atoms. The van der Waals surface area contributed by atoms with Crippen molar-refractivity contribution in [2.45, 2.75) is 6.92 Å². The van der Waals surface area contributed by atoms with Crippen molar-refractivity contribution in [3.8, 4) is 5.75 Å². The van der Waals surface area contributed by atoms with E-state index in [0.717, 1.165) is 0 Å². The second-order valence-corrected chi connectivity index (χ2v) is 3.69. The van der Waals surface area contributed by atoms with Gasteiger partial charge in [-0.1, -0.05) is 12.2 Å². The van der Waals surface area contributed by atoms with Gasteiger partial charge in [-0.2, -0.15) is 5.10 Å². The molecular weight excluding hydrogens is 234 g/mol. The number of allylic oxidation sites excluding steroid dienone is 1. The lowest BCUT2D eigenvalue weighted by molar-refractivity contribution is 0.0692. The minimum Gasteiger partial charge on any atom is -0.488 e. The van der Waals surface area contributed by atoms with Crippen LogP contribution < -0.4 is 4.74 Å². The summed E-state index contributed by atoms with van der Waals surface area (Å²) in [6.45, 7) is 2.18. The molecular formula is C12H13N3O3. The number of ether oxygens (including phenoxy) is 1. The van der Waals surface area contributed by atoms with Gasteiger partial charge in [0.25, 0.3) is 0 Å². The summed E-state index contributed by atoms with van der Waals surface area (Å²) in [7, 11) is 1.74. The number of nitrogens with zero attached hydrogens (tertiary/aromatic N) is 3. The Labute approximate surface area is 104 Å². The molecule has 0 aromatic carbocycles. The summed E-state index contributed by atoms with van der Waals surface area (Å²) in [5.41, 5.74) is 0.635. The molecule has 6 heteroatoms. The molecule has 2 rings (SSSR count). The highest BCUT2D eigenvalue weighted by atomic mass is 16.5. The van der Waals surface area contributed by atoms with Crippen LogP contribution in [0.2, 0.25) is 0 Å². The molecule has 2 heterocycles. The second kappa shape index (κ2) is 4.87. The fraction of sp³-hybridized carbons (Fsp3) is 0.250. The number of rotatable bonds is 4. The van der Waals surface area contributed by atoms with Crippen molar-refractivity contribution in [3.63, 3.8) is 0 Å². The molecule has 0 radical (unpaired) electrons. The molecule has 0 atom stereocenters. The number of carboxylic acid groups (broad SMARTS) is 1. The molecule has 18 heavy (non-hydrogen) atoms. The molecule has 94 valence electrons. The van der Waals surface area contributed by atoms with Crippen molar-refractivity contribution in [1.82, 2.24) is 14.8 Å². The second-order valence-electron chi connectivity index (χ2n) is 3.69. The summed E-state index contributed by atoms with van der Waals surface area (Å²) in [4.78, 5) is 15.2. The number of hydrogen-bond donors (Lipinski definition) is 1. The van der Waals surface area contributed by atoms with Crippen molar-refractivity contribution in [2.24, 2.45) is 7.05 Å². The van der Waals surface area contributed by atoms with Gasteiger partial charge in [-0.05, 0) is 6.92 Å². The van der Waals surface area contributed by atoms with Gasteiger partial charge in [-0.25, -0.2) is 9.78 Å². The van der Waals surface area contributed by atoms with E-state index in [0.29, 0.717) is 23.4 Å². The average Bonchev–Trinajstić information content (AvgIpc) is 2.72. The van der Waals surface area contributed by atoms with Crippen LogP contribution in [0.1, 0.15) is 17.3 Å². The summed E-state index contributed by atoms with van der Waals surface area (Å²) in [6.07, 6.45) is 6.48. The summed E-state index contributed by atoms with van der Waals surface area (Å²) in [5.74, 6) is -0.762. The third-order valence-corrected chi connectivity index (χ3v) is 2.50. The van der Waals surface area contributed by atoms with Gasteiger partial charge in [0.1, 0.15) is 17.9 Å². The predicted molar refractivity (Wildman–Crippen MR) is 65.8 cm³/mol. The molecule has 0 unspecified atom stereocenters. The van der Waals surface area contributed by atoms with Crippen LogP contribution in [0.4, 0.5) is 0 Å². The molecule has 0 aliphatic rings. The lowest BCUT2D eigenvalue weighted by Gasteiger charge is -2.08. The lowest BCUT2D eigenvalue weighted by atomic mass is 10.2. The molecule has 6 nitrogen and oxygen atoms in total. The number of carbonyl (C=O) groups is 1. The maximum absolute atomic E-state index is 11.1. The van der Waals surface area contributed by atoms with Gasteiger partial charge in [0, 0.05) is 13.2 Å². The number of fused-ring (bicyclic) bond motifs is 1. The Hall–Kier alpha value is -2.37. The summed E-state index contributed by atoms with van der Waals surface area (Å²) < 4.78 is 7.08. The fourth-order valence-electron chi connectivity index (χ4n) is 1.61. The standard InChI is InChI=1S/C12H13N3O3/c1-3-4-5-18-10-8-7-14-15(2)11(8)13-6-9(10)12(16)17/h3-4,6-7H,5H2,1-2H3,(H,16,17)/b4-3+. The smallest absolute Gasteiger partial charge is 0.341 e. The first-order valence-electron chi connectivity index (χ1n) is 5.43. The first-order valence-corrected chi connectivity index (χ1v) is 5.43. The van der Waals surface area contributed by atoms with Crippen LogP contribution in [0.3, 0.4) is 0 Å². The van der Waals surface area contributed by atoms with E-state index in [9.17, 15) is 4.79 Å². The topological polar surface area (TPSA) is 77.2 Å². The predicted octanol–water partition coefficient (Wildman–Crippen LogP) is 1.62. The molecule has 0 bridgehead atoms. The van der Waals surface area contributed by atoms with Gasteiger partial charge in [0.2, 0.25) is 0 Å². The third kappa shape index (κ3) is 2.04. The van der Waals surface area contributed by atoms with Crippen LogP contribution in [0, 0.1) is 0 Å². The van der Waals surface area contributed by atoms with Gasteiger partial charge >= 0.3 is 5.97 Å². The van der Waals surface area contributed by atoms with E-state index in [4.69, 9.17) is 9.84 Å². The minimum absolute atomic E-state index is 0.0417. The number of pyridine rings is 1. The fourth-order valence-corrected chi connectivity index (χ4v) is 1.61. The molecule has 0 aliphatic carbocycles. The summed E-state index contributed by atoms with van der Waals surface area (Å²) in [6, 6.07) is 0. The summed E-state index contributed by atoms with van der Waals surface area (Å²) >= 11 is 0. The molecule has 0 saturated heterocycles. The van der Waals surface area contributed by atoms with Gasteiger partial charge in [0.15, 0.2) is 5.65 Å².